The topological polar surface area (TPSA) is 52.0 Å². The molecule has 0 amide bonds. The van der Waals surface area contributed by atoms with Gasteiger partial charge >= 0.3 is 0 Å². The molecule has 0 saturated heterocycles. The maximum absolute atomic E-state index is 4.99. The summed E-state index contributed by atoms with van der Waals surface area (Å²) in [7, 11) is 1.69. The number of thiazole rings is 1. The first kappa shape index (κ1) is 13.0. The molecule has 1 N–H and O–H groups in total. The number of anilines is 1. The fourth-order valence-electron chi connectivity index (χ4n) is 1.67. The van der Waals surface area contributed by atoms with Crippen LogP contribution in [-0.4, -0.2) is 35.0 Å². The Kier molecular flexibility index (Phi) is 4.72. The molecule has 2 heterocycles. The molecule has 0 radical (unpaired) electrons. The van der Waals surface area contributed by atoms with Crippen LogP contribution in [0.1, 0.15) is 13.3 Å². The molecule has 0 aliphatic heterocycles. The molecule has 98 valence electrons. The Labute approximate surface area is 111 Å². The Hall–Kier alpha value is -1.40. The van der Waals surface area contributed by atoms with Crippen molar-refractivity contribution in [3.8, 4) is 10.6 Å². The summed E-state index contributed by atoms with van der Waals surface area (Å²) in [5.41, 5.74) is 1.13. The molecule has 2 aromatic rings. The lowest BCUT2D eigenvalue weighted by Crippen LogP contribution is -2.06. The van der Waals surface area contributed by atoms with Crippen LogP contribution in [0.25, 0.3) is 10.6 Å². The molecule has 0 aromatic carbocycles. The summed E-state index contributed by atoms with van der Waals surface area (Å²) >= 11 is 1.64. The van der Waals surface area contributed by atoms with Crippen LogP contribution in [0, 0.1) is 0 Å². The number of methoxy groups -OCH3 is 1. The second-order valence-corrected chi connectivity index (χ2v) is 4.92. The highest BCUT2D eigenvalue weighted by Crippen LogP contribution is 2.28. The number of nitrogens with zero attached hydrogens (tertiary/aromatic N) is 3. The maximum atomic E-state index is 4.99. The van der Waals surface area contributed by atoms with E-state index in [0.717, 1.165) is 35.2 Å². The minimum absolute atomic E-state index is 0.683. The van der Waals surface area contributed by atoms with Gasteiger partial charge in [0.2, 0.25) is 0 Å². The molecule has 2 rings (SSSR count). The highest BCUT2D eigenvalue weighted by atomic mass is 32.1. The summed E-state index contributed by atoms with van der Waals surface area (Å²) in [6.45, 7) is 4.54. The van der Waals surface area contributed by atoms with Crippen molar-refractivity contribution >= 4 is 16.5 Å². The average molecular weight is 266 g/mol. The Morgan fingerprint density at radius 2 is 2.39 bits per heavy atom. The molecule has 6 heteroatoms. The van der Waals surface area contributed by atoms with Crippen molar-refractivity contribution in [1.82, 2.24) is 14.8 Å². The summed E-state index contributed by atoms with van der Waals surface area (Å²) in [4.78, 5) is 5.50. The number of nitrogens with one attached hydrogen (secondary N) is 1. The van der Waals surface area contributed by atoms with Gasteiger partial charge in [-0.05, 0) is 12.5 Å². The summed E-state index contributed by atoms with van der Waals surface area (Å²) in [6, 6.07) is 2.03. The Bertz CT molecular complexity index is 480. The van der Waals surface area contributed by atoms with E-state index in [9.17, 15) is 0 Å². The molecular weight excluding hydrogens is 248 g/mol. The van der Waals surface area contributed by atoms with E-state index in [1.54, 1.807) is 18.4 Å². The van der Waals surface area contributed by atoms with E-state index >= 15 is 0 Å². The van der Waals surface area contributed by atoms with Crippen molar-refractivity contribution in [2.75, 3.05) is 25.6 Å². The summed E-state index contributed by atoms with van der Waals surface area (Å²) < 4.78 is 7.01. The van der Waals surface area contributed by atoms with E-state index in [0.29, 0.717) is 6.61 Å². The lowest BCUT2D eigenvalue weighted by atomic mass is 10.3. The molecule has 0 spiro atoms. The van der Waals surface area contributed by atoms with Gasteiger partial charge in [-0.15, -0.1) is 0 Å². The van der Waals surface area contributed by atoms with Gasteiger partial charge < -0.3 is 10.1 Å². The van der Waals surface area contributed by atoms with Crippen molar-refractivity contribution in [3.63, 3.8) is 0 Å². The van der Waals surface area contributed by atoms with E-state index < -0.39 is 0 Å². The van der Waals surface area contributed by atoms with Crippen LogP contribution in [-0.2, 0) is 11.3 Å². The van der Waals surface area contributed by atoms with E-state index in [2.05, 4.69) is 22.3 Å². The summed E-state index contributed by atoms with van der Waals surface area (Å²) in [5.74, 6) is 0. The molecule has 0 aliphatic carbocycles. The first-order valence-electron chi connectivity index (χ1n) is 6.06. The van der Waals surface area contributed by atoms with Crippen LogP contribution in [0.4, 0.5) is 5.13 Å². The largest absolute Gasteiger partial charge is 0.383 e. The van der Waals surface area contributed by atoms with Crippen LogP contribution >= 0.6 is 11.3 Å². The lowest BCUT2D eigenvalue weighted by molar-refractivity contribution is 0.211. The molecule has 0 atom stereocenters. The molecule has 18 heavy (non-hydrogen) atoms. The second kappa shape index (κ2) is 6.51. The van der Waals surface area contributed by atoms with Gasteiger partial charge in [-0.1, -0.05) is 18.3 Å². The fraction of sp³-hybridized carbons (Fsp3) is 0.500. The quantitative estimate of drug-likeness (QED) is 0.782. The minimum atomic E-state index is 0.683. The molecule has 0 fully saturated rings. The Morgan fingerprint density at radius 3 is 3.17 bits per heavy atom. The first-order valence-corrected chi connectivity index (χ1v) is 6.87. The third kappa shape index (κ3) is 3.08. The van der Waals surface area contributed by atoms with Crippen LogP contribution in [0.5, 0.6) is 0 Å². The third-order valence-corrected chi connectivity index (χ3v) is 3.47. The average Bonchev–Trinajstić information content (AvgIpc) is 2.98. The zero-order chi connectivity index (χ0) is 12.8. The number of aromatic nitrogens is 3. The number of ether oxygens (including phenoxy) is 1. The van der Waals surface area contributed by atoms with E-state index in [-0.39, 0.29) is 0 Å². The fourth-order valence-corrected chi connectivity index (χ4v) is 2.54. The second-order valence-electron chi connectivity index (χ2n) is 3.89. The van der Waals surface area contributed by atoms with Gasteiger partial charge in [-0.3, -0.25) is 4.68 Å². The van der Waals surface area contributed by atoms with Gasteiger partial charge in [-0.2, -0.15) is 5.10 Å². The van der Waals surface area contributed by atoms with Crippen molar-refractivity contribution in [2.24, 2.45) is 0 Å². The summed E-state index contributed by atoms with van der Waals surface area (Å²) in [6.07, 6.45) is 4.80. The van der Waals surface area contributed by atoms with Gasteiger partial charge in [0, 0.05) is 32.6 Å². The molecule has 0 saturated carbocycles. The predicted octanol–water partition coefficient (Wildman–Crippen LogP) is 2.47. The van der Waals surface area contributed by atoms with Crippen molar-refractivity contribution in [1.29, 1.82) is 0 Å². The van der Waals surface area contributed by atoms with Crippen LogP contribution in [0.3, 0.4) is 0 Å². The molecular formula is C12H18N4OS. The Morgan fingerprint density at radius 1 is 1.50 bits per heavy atom. The van der Waals surface area contributed by atoms with Crippen LogP contribution < -0.4 is 5.32 Å². The first-order chi connectivity index (χ1) is 8.85. The molecule has 0 unspecified atom stereocenters. The zero-order valence-corrected chi connectivity index (χ0v) is 11.5. The SMILES string of the molecule is CCCn1nccc1-c1cnc(NCCOC)s1. The number of rotatable bonds is 7. The smallest absolute Gasteiger partial charge is 0.183 e. The monoisotopic (exact) mass is 266 g/mol. The highest BCUT2D eigenvalue weighted by molar-refractivity contribution is 7.18. The van der Waals surface area contributed by atoms with Gasteiger partial charge in [-0.25, -0.2) is 4.98 Å². The van der Waals surface area contributed by atoms with Gasteiger partial charge in [0.25, 0.3) is 0 Å². The minimum Gasteiger partial charge on any atom is -0.383 e. The standard InChI is InChI=1S/C12H18N4OS/c1-3-7-16-10(4-5-15-16)11-9-14-12(18-11)13-6-8-17-2/h4-5,9H,3,6-8H2,1-2H3,(H,13,14). The Balaban J connectivity index is 2.06. The van der Waals surface area contributed by atoms with Crippen molar-refractivity contribution in [3.05, 3.63) is 18.5 Å². The van der Waals surface area contributed by atoms with Crippen LogP contribution in [0.2, 0.25) is 0 Å². The van der Waals surface area contributed by atoms with Crippen molar-refractivity contribution < 1.29 is 4.74 Å². The summed E-state index contributed by atoms with van der Waals surface area (Å²) in [5, 5.41) is 8.48. The molecule has 0 aliphatic rings. The molecule has 2 aromatic heterocycles. The van der Waals surface area contributed by atoms with Gasteiger partial charge in [0.1, 0.15) is 0 Å². The van der Waals surface area contributed by atoms with Crippen LogP contribution in [0.15, 0.2) is 18.5 Å². The van der Waals surface area contributed by atoms with Gasteiger partial charge in [0.15, 0.2) is 5.13 Å². The lowest BCUT2D eigenvalue weighted by Gasteiger charge is -2.03. The van der Waals surface area contributed by atoms with E-state index in [1.807, 2.05) is 23.1 Å². The number of hydrogen-bond donors (Lipinski definition) is 1. The zero-order valence-electron chi connectivity index (χ0n) is 10.7. The number of aryl methyl sites for hydroxylation is 1. The predicted molar refractivity (Wildman–Crippen MR) is 74.0 cm³/mol. The normalized spacial score (nSPS) is 10.8. The van der Waals surface area contributed by atoms with E-state index in [4.69, 9.17) is 4.74 Å². The van der Waals surface area contributed by atoms with Gasteiger partial charge in [0.05, 0.1) is 17.2 Å². The maximum Gasteiger partial charge on any atom is 0.183 e. The van der Waals surface area contributed by atoms with E-state index in [1.165, 1.54) is 0 Å². The molecule has 0 bridgehead atoms. The highest BCUT2D eigenvalue weighted by Gasteiger charge is 2.08. The van der Waals surface area contributed by atoms with Crippen molar-refractivity contribution in [2.45, 2.75) is 19.9 Å². The third-order valence-electron chi connectivity index (χ3n) is 2.49. The number of hydrogen-bond acceptors (Lipinski definition) is 5. The molecule has 5 nitrogen and oxygen atoms in total.